The first kappa shape index (κ1) is 25.8. The van der Waals surface area contributed by atoms with Gasteiger partial charge in [0.25, 0.3) is 5.69 Å². The first-order chi connectivity index (χ1) is 18.4. The van der Waals surface area contributed by atoms with E-state index in [0.29, 0.717) is 39.7 Å². The number of methoxy groups -OCH3 is 4. The van der Waals surface area contributed by atoms with Crippen LogP contribution >= 0.6 is 0 Å². The molecule has 0 fully saturated rings. The van der Waals surface area contributed by atoms with Crippen LogP contribution in [0.15, 0.2) is 65.3 Å². The number of nitrogens with zero attached hydrogens (tertiary/aromatic N) is 2. The predicted molar refractivity (Wildman–Crippen MR) is 133 cm³/mol. The zero-order valence-corrected chi connectivity index (χ0v) is 20.8. The highest BCUT2D eigenvalue weighted by molar-refractivity contribution is 5.82. The number of ether oxygens (including phenoxy) is 6. The molecule has 0 saturated carbocycles. The summed E-state index contributed by atoms with van der Waals surface area (Å²) in [6.07, 6.45) is 0.448. The molecule has 0 aliphatic carbocycles. The lowest BCUT2D eigenvalue weighted by molar-refractivity contribution is -0.384. The highest BCUT2D eigenvalue weighted by atomic mass is 16.7. The molecule has 1 aromatic heterocycles. The van der Waals surface area contributed by atoms with Crippen LogP contribution in [-0.2, 0) is 0 Å². The van der Waals surface area contributed by atoms with Gasteiger partial charge in [0, 0.05) is 23.3 Å². The van der Waals surface area contributed by atoms with Gasteiger partial charge in [-0.25, -0.2) is 4.79 Å². The average molecular weight is 522 g/mol. The Balaban J connectivity index is 1.64. The molecule has 38 heavy (non-hydrogen) atoms. The lowest BCUT2D eigenvalue weighted by atomic mass is 10.0. The van der Waals surface area contributed by atoms with Gasteiger partial charge in [-0.3, -0.25) is 10.1 Å². The van der Waals surface area contributed by atoms with Gasteiger partial charge in [0.2, 0.25) is 5.75 Å². The van der Waals surface area contributed by atoms with Crippen molar-refractivity contribution in [3.05, 3.63) is 70.9 Å². The van der Waals surface area contributed by atoms with Crippen molar-refractivity contribution in [3.63, 3.8) is 0 Å². The maximum Gasteiger partial charge on any atom is 0.519 e. The fourth-order valence-corrected chi connectivity index (χ4v) is 3.63. The number of benzene rings is 3. The van der Waals surface area contributed by atoms with Crippen LogP contribution in [0.25, 0.3) is 22.5 Å². The molecule has 0 aliphatic heterocycles. The summed E-state index contributed by atoms with van der Waals surface area (Å²) >= 11 is 0. The van der Waals surface area contributed by atoms with Gasteiger partial charge in [0.05, 0.1) is 39.6 Å². The van der Waals surface area contributed by atoms with Crippen molar-refractivity contribution in [1.82, 2.24) is 5.16 Å². The Morgan fingerprint density at radius 3 is 2.00 bits per heavy atom. The van der Waals surface area contributed by atoms with Crippen LogP contribution in [0.3, 0.4) is 0 Å². The Bertz CT molecular complexity index is 1440. The van der Waals surface area contributed by atoms with E-state index in [9.17, 15) is 14.9 Å². The Labute approximate surface area is 216 Å². The van der Waals surface area contributed by atoms with Crippen molar-refractivity contribution < 1.29 is 42.7 Å². The zero-order valence-electron chi connectivity index (χ0n) is 20.8. The van der Waals surface area contributed by atoms with E-state index in [1.54, 1.807) is 30.3 Å². The van der Waals surface area contributed by atoms with Crippen molar-refractivity contribution >= 4 is 11.8 Å². The molecule has 0 saturated heterocycles. The fourth-order valence-electron chi connectivity index (χ4n) is 3.63. The minimum Gasteiger partial charge on any atom is -0.493 e. The third kappa shape index (κ3) is 5.28. The largest absolute Gasteiger partial charge is 0.519 e. The molecular formula is C26H22N2O10. The van der Waals surface area contributed by atoms with Crippen molar-refractivity contribution in [2.45, 2.75) is 0 Å². The van der Waals surface area contributed by atoms with Crippen LogP contribution in [0.2, 0.25) is 0 Å². The first-order valence-electron chi connectivity index (χ1n) is 11.0. The van der Waals surface area contributed by atoms with Crippen molar-refractivity contribution in [2.75, 3.05) is 28.4 Å². The SMILES string of the molecule is COc1ccc(-c2cnoc2-c2cc(OC)c(OC)c(OC)c2)cc1OC(=O)Oc1ccc([N+](=O)[O-])cc1. The molecule has 0 bridgehead atoms. The predicted octanol–water partition coefficient (Wildman–Crippen LogP) is 5.53. The van der Waals surface area contributed by atoms with Crippen molar-refractivity contribution in [1.29, 1.82) is 0 Å². The van der Waals surface area contributed by atoms with E-state index in [-0.39, 0.29) is 22.9 Å². The van der Waals surface area contributed by atoms with Crippen molar-refractivity contribution in [2.24, 2.45) is 0 Å². The Morgan fingerprint density at radius 2 is 1.42 bits per heavy atom. The quantitative estimate of drug-likeness (QED) is 0.118. The maximum absolute atomic E-state index is 12.5. The second-order valence-corrected chi connectivity index (χ2v) is 7.55. The summed E-state index contributed by atoms with van der Waals surface area (Å²) in [6, 6.07) is 13.3. The number of non-ortho nitro benzene ring substituents is 1. The maximum atomic E-state index is 12.5. The van der Waals surface area contributed by atoms with Gasteiger partial charge in [0.1, 0.15) is 5.75 Å². The molecule has 196 valence electrons. The minimum absolute atomic E-state index is 0.0638. The molecule has 1 heterocycles. The second kappa shape index (κ2) is 11.2. The lowest BCUT2D eigenvalue weighted by Gasteiger charge is -2.14. The van der Waals surface area contributed by atoms with Gasteiger partial charge >= 0.3 is 6.16 Å². The molecule has 0 unspecified atom stereocenters. The Morgan fingerprint density at radius 1 is 0.789 bits per heavy atom. The molecule has 3 aromatic carbocycles. The number of carbonyl (C=O) groups excluding carboxylic acids is 1. The molecular weight excluding hydrogens is 500 g/mol. The number of carbonyl (C=O) groups is 1. The van der Waals surface area contributed by atoms with E-state index >= 15 is 0 Å². The summed E-state index contributed by atoms with van der Waals surface area (Å²) in [6.45, 7) is 0. The van der Waals surface area contributed by atoms with Crippen molar-refractivity contribution in [3.8, 4) is 56.9 Å². The van der Waals surface area contributed by atoms with Crippen LogP contribution in [-0.4, -0.2) is 44.7 Å². The number of nitro groups is 1. The molecule has 0 atom stereocenters. The second-order valence-electron chi connectivity index (χ2n) is 7.55. The van der Waals surface area contributed by atoms with Gasteiger partial charge in [-0.2, -0.15) is 0 Å². The van der Waals surface area contributed by atoms with E-state index in [1.807, 2.05) is 0 Å². The first-order valence-corrected chi connectivity index (χ1v) is 11.0. The fraction of sp³-hybridized carbons (Fsp3) is 0.154. The monoisotopic (exact) mass is 522 g/mol. The van der Waals surface area contributed by atoms with E-state index in [2.05, 4.69) is 5.16 Å². The molecule has 0 spiro atoms. The third-order valence-corrected chi connectivity index (χ3v) is 5.41. The number of hydrogen-bond donors (Lipinski definition) is 0. The summed E-state index contributed by atoms with van der Waals surface area (Å²) in [5.41, 5.74) is 1.63. The highest BCUT2D eigenvalue weighted by Gasteiger charge is 2.21. The molecule has 0 aliphatic rings. The third-order valence-electron chi connectivity index (χ3n) is 5.41. The molecule has 0 amide bonds. The summed E-state index contributed by atoms with van der Waals surface area (Å²) in [5.74, 6) is 2.07. The zero-order chi connectivity index (χ0) is 27.2. The van der Waals surface area contributed by atoms with E-state index in [1.165, 1.54) is 58.9 Å². The minimum atomic E-state index is -1.07. The number of nitro benzene ring substituents is 1. The van der Waals surface area contributed by atoms with Crippen LogP contribution in [0.4, 0.5) is 10.5 Å². The topological polar surface area (TPSA) is 142 Å². The summed E-state index contributed by atoms with van der Waals surface area (Å²) in [4.78, 5) is 22.7. The summed E-state index contributed by atoms with van der Waals surface area (Å²) in [5, 5.41) is 14.8. The van der Waals surface area contributed by atoms with Gasteiger partial charge in [-0.05, 0) is 42.0 Å². The van der Waals surface area contributed by atoms with E-state index < -0.39 is 11.1 Å². The van der Waals surface area contributed by atoms with Crippen LogP contribution in [0, 0.1) is 10.1 Å². The van der Waals surface area contributed by atoms with Crippen LogP contribution in [0.5, 0.6) is 34.5 Å². The van der Waals surface area contributed by atoms with Gasteiger partial charge in [0.15, 0.2) is 28.8 Å². The van der Waals surface area contributed by atoms with Crippen LogP contribution in [0.1, 0.15) is 0 Å². The normalized spacial score (nSPS) is 10.4. The number of rotatable bonds is 9. The van der Waals surface area contributed by atoms with Gasteiger partial charge in [-0.1, -0.05) is 11.2 Å². The smallest absolute Gasteiger partial charge is 0.493 e. The highest BCUT2D eigenvalue weighted by Crippen LogP contribution is 2.44. The van der Waals surface area contributed by atoms with Gasteiger partial charge < -0.3 is 32.9 Å². The van der Waals surface area contributed by atoms with Gasteiger partial charge in [-0.15, -0.1) is 0 Å². The average Bonchev–Trinajstić information content (AvgIpc) is 3.42. The molecule has 0 N–H and O–H groups in total. The number of hydrogen-bond acceptors (Lipinski definition) is 11. The Kier molecular flexibility index (Phi) is 7.61. The lowest BCUT2D eigenvalue weighted by Crippen LogP contribution is -2.14. The molecule has 4 rings (SSSR count). The Hall–Kier alpha value is -5.26. The standard InChI is InChI=1S/C26H22N2O10/c1-32-20-10-5-15(11-21(20)37-26(29)36-18-8-6-17(7-9-18)28(30)31)19-14-27-38-24(19)16-12-22(33-2)25(35-4)23(13-16)34-3/h5-14H,1-4H3. The molecule has 12 heteroatoms. The molecule has 4 aromatic rings. The molecule has 0 radical (unpaired) electrons. The molecule has 12 nitrogen and oxygen atoms in total. The summed E-state index contributed by atoms with van der Waals surface area (Å²) < 4.78 is 37.6. The van der Waals surface area contributed by atoms with E-state index in [4.69, 9.17) is 32.9 Å². The number of aromatic nitrogens is 1. The summed E-state index contributed by atoms with van der Waals surface area (Å²) in [7, 11) is 5.94. The van der Waals surface area contributed by atoms with E-state index in [0.717, 1.165) is 0 Å². The van der Waals surface area contributed by atoms with Crippen LogP contribution < -0.4 is 28.4 Å².